The Bertz CT molecular complexity index is 534. The number of rotatable bonds is 6. The molecule has 0 aromatic carbocycles. The summed E-state index contributed by atoms with van der Waals surface area (Å²) in [5.74, 6) is 0.937. The molecule has 0 spiro atoms. The van der Waals surface area contributed by atoms with Crippen LogP contribution in [0.5, 0.6) is 5.88 Å². The number of aryl methyl sites for hydroxylation is 2. The highest BCUT2D eigenvalue weighted by Gasteiger charge is 2.25. The number of nitrogens with zero attached hydrogens (tertiary/aromatic N) is 3. The molecule has 1 aliphatic rings. The van der Waals surface area contributed by atoms with Crippen LogP contribution in [0.15, 0.2) is 0 Å². The molecule has 7 heteroatoms. The summed E-state index contributed by atoms with van der Waals surface area (Å²) in [4.78, 5) is 14.2. The van der Waals surface area contributed by atoms with E-state index in [9.17, 15) is 4.79 Å². The first-order chi connectivity index (χ1) is 10.9. The van der Waals surface area contributed by atoms with Gasteiger partial charge in [-0.05, 0) is 20.8 Å². The van der Waals surface area contributed by atoms with Crippen molar-refractivity contribution in [2.75, 3.05) is 26.7 Å². The van der Waals surface area contributed by atoms with E-state index < -0.39 is 0 Å². The van der Waals surface area contributed by atoms with Gasteiger partial charge in [-0.15, -0.1) is 0 Å². The van der Waals surface area contributed by atoms with Gasteiger partial charge in [-0.2, -0.15) is 5.10 Å². The first-order valence-electron chi connectivity index (χ1n) is 8.12. The number of morpholine rings is 1. The molecule has 0 saturated carbocycles. The lowest BCUT2D eigenvalue weighted by Gasteiger charge is -2.35. The molecule has 1 saturated heterocycles. The topological polar surface area (TPSA) is 68.6 Å². The largest absolute Gasteiger partial charge is 0.481 e. The predicted octanol–water partition coefficient (Wildman–Crippen LogP) is 0.853. The molecule has 1 amide bonds. The minimum Gasteiger partial charge on any atom is -0.481 e. The molecule has 1 aromatic heterocycles. The number of carbonyl (C=O) groups excluding carboxylic acids is 1. The molecule has 1 fully saturated rings. The Balaban J connectivity index is 1.78. The van der Waals surface area contributed by atoms with E-state index in [1.807, 2.05) is 32.7 Å². The quantitative estimate of drug-likeness (QED) is 0.786. The first kappa shape index (κ1) is 17.7. The summed E-state index contributed by atoms with van der Waals surface area (Å²) in [6, 6.07) is 0. The fourth-order valence-corrected chi connectivity index (χ4v) is 3.09. The van der Waals surface area contributed by atoms with Crippen molar-refractivity contribution in [3.05, 3.63) is 11.3 Å². The minimum absolute atomic E-state index is 0.109. The Hall–Kier alpha value is -1.60. The van der Waals surface area contributed by atoms with E-state index >= 15 is 0 Å². The van der Waals surface area contributed by atoms with E-state index in [2.05, 4.69) is 10.4 Å². The molecule has 23 heavy (non-hydrogen) atoms. The third-order valence-electron chi connectivity index (χ3n) is 4.07. The van der Waals surface area contributed by atoms with Crippen LogP contribution in [0.25, 0.3) is 0 Å². The number of amides is 1. The second kappa shape index (κ2) is 7.79. The normalized spacial score (nSPS) is 21.5. The molecule has 1 aliphatic heterocycles. The van der Waals surface area contributed by atoms with Crippen molar-refractivity contribution in [2.45, 2.75) is 45.9 Å². The molecular formula is C16H28N4O3. The Labute approximate surface area is 137 Å². The maximum absolute atomic E-state index is 12.3. The number of hydrogen-bond acceptors (Lipinski definition) is 5. The van der Waals surface area contributed by atoms with Crippen LogP contribution in [0.4, 0.5) is 0 Å². The van der Waals surface area contributed by atoms with Crippen molar-refractivity contribution in [3.8, 4) is 5.88 Å². The Morgan fingerprint density at radius 3 is 2.65 bits per heavy atom. The Kier molecular flexibility index (Phi) is 6.01. The van der Waals surface area contributed by atoms with E-state index in [-0.39, 0.29) is 18.1 Å². The molecule has 0 aliphatic carbocycles. The van der Waals surface area contributed by atoms with Gasteiger partial charge in [-0.3, -0.25) is 4.79 Å². The second-order valence-corrected chi connectivity index (χ2v) is 6.18. The minimum atomic E-state index is 0.109. The first-order valence-corrected chi connectivity index (χ1v) is 8.12. The lowest BCUT2D eigenvalue weighted by molar-refractivity contribution is -0.143. The van der Waals surface area contributed by atoms with Gasteiger partial charge in [0.05, 0.1) is 30.6 Å². The molecule has 2 heterocycles. The van der Waals surface area contributed by atoms with Crippen LogP contribution >= 0.6 is 0 Å². The molecule has 2 rings (SSSR count). The third-order valence-corrected chi connectivity index (χ3v) is 4.07. The molecule has 7 nitrogen and oxygen atoms in total. The number of ether oxygens (including phenoxy) is 2. The standard InChI is InChI=1S/C16H28N4O3/c1-11-9-20(10-12(2)23-11)15(21)6-7-17-8-14-13(3)18-19(4)16(14)22-5/h11-12,17H,6-10H2,1-5H3/t11-,12+. The van der Waals surface area contributed by atoms with Gasteiger partial charge in [0.15, 0.2) is 0 Å². The maximum atomic E-state index is 12.3. The van der Waals surface area contributed by atoms with Crippen molar-refractivity contribution in [1.29, 1.82) is 0 Å². The zero-order valence-electron chi connectivity index (χ0n) is 14.8. The van der Waals surface area contributed by atoms with Gasteiger partial charge in [-0.25, -0.2) is 4.68 Å². The average molecular weight is 324 g/mol. The SMILES string of the molecule is COc1c(CNCCC(=O)N2C[C@@H](C)O[C@@H](C)C2)c(C)nn1C. The predicted molar refractivity (Wildman–Crippen MR) is 87.4 cm³/mol. The lowest BCUT2D eigenvalue weighted by Crippen LogP contribution is -2.48. The van der Waals surface area contributed by atoms with Gasteiger partial charge in [0, 0.05) is 39.6 Å². The van der Waals surface area contributed by atoms with Crippen molar-refractivity contribution in [2.24, 2.45) is 7.05 Å². The highest BCUT2D eigenvalue weighted by atomic mass is 16.5. The van der Waals surface area contributed by atoms with Crippen LogP contribution in [0.2, 0.25) is 0 Å². The summed E-state index contributed by atoms with van der Waals surface area (Å²) in [6.45, 7) is 8.61. The summed E-state index contributed by atoms with van der Waals surface area (Å²) in [5, 5.41) is 7.66. The van der Waals surface area contributed by atoms with E-state index in [0.717, 1.165) is 17.1 Å². The van der Waals surface area contributed by atoms with Gasteiger partial charge in [0.25, 0.3) is 0 Å². The molecule has 130 valence electrons. The average Bonchev–Trinajstić information content (AvgIpc) is 2.75. The molecule has 0 radical (unpaired) electrons. The summed E-state index contributed by atoms with van der Waals surface area (Å²) < 4.78 is 12.8. The lowest BCUT2D eigenvalue weighted by atomic mass is 10.2. The van der Waals surface area contributed by atoms with Gasteiger partial charge >= 0.3 is 0 Å². The monoisotopic (exact) mass is 324 g/mol. The van der Waals surface area contributed by atoms with Gasteiger partial charge in [0.1, 0.15) is 0 Å². The molecule has 1 aromatic rings. The van der Waals surface area contributed by atoms with Crippen molar-refractivity contribution >= 4 is 5.91 Å². The summed E-state index contributed by atoms with van der Waals surface area (Å²) in [5.41, 5.74) is 1.98. The smallest absolute Gasteiger partial charge is 0.224 e. The van der Waals surface area contributed by atoms with E-state index in [0.29, 0.717) is 32.6 Å². The Morgan fingerprint density at radius 2 is 2.04 bits per heavy atom. The zero-order valence-corrected chi connectivity index (χ0v) is 14.8. The third kappa shape index (κ3) is 4.45. The summed E-state index contributed by atoms with van der Waals surface area (Å²) in [7, 11) is 3.50. The van der Waals surface area contributed by atoms with Crippen LogP contribution in [0.3, 0.4) is 0 Å². The van der Waals surface area contributed by atoms with E-state index in [4.69, 9.17) is 9.47 Å². The second-order valence-electron chi connectivity index (χ2n) is 6.18. The van der Waals surface area contributed by atoms with Crippen LogP contribution in [0, 0.1) is 6.92 Å². The van der Waals surface area contributed by atoms with Crippen molar-refractivity contribution in [1.82, 2.24) is 20.0 Å². The Morgan fingerprint density at radius 1 is 1.39 bits per heavy atom. The van der Waals surface area contributed by atoms with E-state index in [1.165, 1.54) is 0 Å². The number of aromatic nitrogens is 2. The van der Waals surface area contributed by atoms with Crippen LogP contribution in [-0.2, 0) is 23.1 Å². The van der Waals surface area contributed by atoms with Crippen LogP contribution in [-0.4, -0.2) is 59.5 Å². The van der Waals surface area contributed by atoms with Gasteiger partial charge in [0.2, 0.25) is 11.8 Å². The molecule has 1 N–H and O–H groups in total. The molecule has 0 unspecified atom stereocenters. The molecular weight excluding hydrogens is 296 g/mol. The summed E-state index contributed by atoms with van der Waals surface area (Å²) in [6.07, 6.45) is 0.706. The fraction of sp³-hybridized carbons (Fsp3) is 0.750. The molecule has 2 atom stereocenters. The maximum Gasteiger partial charge on any atom is 0.224 e. The van der Waals surface area contributed by atoms with Crippen LogP contribution in [0.1, 0.15) is 31.5 Å². The highest BCUT2D eigenvalue weighted by Crippen LogP contribution is 2.20. The van der Waals surface area contributed by atoms with E-state index in [1.54, 1.807) is 11.8 Å². The zero-order chi connectivity index (χ0) is 17.0. The number of carbonyl (C=O) groups is 1. The summed E-state index contributed by atoms with van der Waals surface area (Å²) >= 11 is 0. The number of nitrogens with one attached hydrogen (secondary N) is 1. The van der Waals surface area contributed by atoms with Gasteiger partial charge < -0.3 is 19.7 Å². The fourth-order valence-electron chi connectivity index (χ4n) is 3.09. The molecule has 0 bridgehead atoms. The van der Waals surface area contributed by atoms with Crippen molar-refractivity contribution in [3.63, 3.8) is 0 Å². The van der Waals surface area contributed by atoms with Gasteiger partial charge in [-0.1, -0.05) is 0 Å². The number of hydrogen-bond donors (Lipinski definition) is 1. The highest BCUT2D eigenvalue weighted by molar-refractivity contribution is 5.76. The number of methoxy groups -OCH3 is 1. The van der Waals surface area contributed by atoms with Crippen molar-refractivity contribution < 1.29 is 14.3 Å². The van der Waals surface area contributed by atoms with Crippen LogP contribution < -0.4 is 10.1 Å².